The van der Waals surface area contributed by atoms with Crippen LogP contribution in [0.1, 0.15) is 5.56 Å². The highest BCUT2D eigenvalue weighted by atomic mass is 14.2. The van der Waals surface area contributed by atoms with Gasteiger partial charge in [-0.3, -0.25) is 0 Å². The van der Waals surface area contributed by atoms with Crippen molar-refractivity contribution in [2.24, 2.45) is 0 Å². The van der Waals surface area contributed by atoms with Crippen LogP contribution in [0.2, 0.25) is 0 Å². The molecule has 0 radical (unpaired) electrons. The third-order valence-corrected chi connectivity index (χ3v) is 3.64. The number of hydrogen-bond acceptors (Lipinski definition) is 0. The summed E-state index contributed by atoms with van der Waals surface area (Å²) in [5.74, 6) is 0. The minimum Gasteiger partial charge on any atom is -0.0616 e. The van der Waals surface area contributed by atoms with Crippen LogP contribution in [0.5, 0.6) is 0 Å². The van der Waals surface area contributed by atoms with Crippen LogP contribution in [0.15, 0.2) is 42.5 Å². The molecule has 0 heterocycles. The topological polar surface area (TPSA) is 0 Å². The van der Waals surface area contributed by atoms with Crippen molar-refractivity contribution in [3.63, 3.8) is 0 Å². The van der Waals surface area contributed by atoms with Crippen molar-refractivity contribution in [2.75, 3.05) is 0 Å². The Morgan fingerprint density at radius 1 is 0.706 bits per heavy atom. The Kier molecular flexibility index (Phi) is 1.58. The van der Waals surface area contributed by atoms with Gasteiger partial charge in [0.05, 0.1) is 0 Å². The molecule has 0 atom stereocenters. The summed E-state index contributed by atoms with van der Waals surface area (Å²) in [5.41, 5.74) is 4.11. The van der Waals surface area contributed by atoms with Crippen LogP contribution in [0.25, 0.3) is 23.3 Å². The van der Waals surface area contributed by atoms with Crippen LogP contribution in [0, 0.1) is 6.92 Å². The zero-order valence-corrected chi connectivity index (χ0v) is 9.70. The Hall–Kier alpha value is -2.08. The van der Waals surface area contributed by atoms with Crippen molar-refractivity contribution >= 4 is 23.3 Å². The van der Waals surface area contributed by atoms with Crippen molar-refractivity contribution in [1.29, 1.82) is 0 Å². The van der Waals surface area contributed by atoms with Crippen LogP contribution in [0.3, 0.4) is 0 Å². The maximum atomic E-state index is 2.31. The molecular weight excluding hydrogens is 204 g/mol. The van der Waals surface area contributed by atoms with Gasteiger partial charge in [-0.2, -0.15) is 0 Å². The van der Waals surface area contributed by atoms with Crippen molar-refractivity contribution in [3.8, 4) is 0 Å². The van der Waals surface area contributed by atoms with Crippen molar-refractivity contribution in [1.82, 2.24) is 0 Å². The van der Waals surface area contributed by atoms with E-state index in [1.54, 1.807) is 0 Å². The van der Waals surface area contributed by atoms with E-state index in [1.807, 2.05) is 0 Å². The molecule has 0 bridgehead atoms. The van der Waals surface area contributed by atoms with E-state index in [9.17, 15) is 0 Å². The number of rotatable bonds is 0. The molecule has 0 nitrogen and oxygen atoms in total. The second kappa shape index (κ2) is 2.98. The SMILES string of the molecule is Cc1ccc2c(c1)=C1C=c3ccccc3=C1C=2. The predicted octanol–water partition coefficient (Wildman–Crippen LogP) is 0.585. The normalized spacial score (nSPS) is 14.9. The molecule has 0 unspecified atom stereocenters. The minimum absolute atomic E-state index is 1.33. The highest BCUT2D eigenvalue weighted by Gasteiger charge is 2.14. The quantitative estimate of drug-likeness (QED) is 0.604. The zero-order chi connectivity index (χ0) is 11.4. The summed E-state index contributed by atoms with van der Waals surface area (Å²) in [4.78, 5) is 0. The maximum Gasteiger partial charge on any atom is -0.00927 e. The second-order valence-electron chi connectivity index (χ2n) is 4.79. The average Bonchev–Trinajstić information content (AvgIpc) is 2.85. The Labute approximate surface area is 99.5 Å². The first-order valence-electron chi connectivity index (χ1n) is 5.97. The highest BCUT2D eigenvalue weighted by Crippen LogP contribution is 2.18. The van der Waals surface area contributed by atoms with Gasteiger partial charge in [-0.05, 0) is 51.1 Å². The lowest BCUT2D eigenvalue weighted by Gasteiger charge is -1.93. The summed E-state index contributed by atoms with van der Waals surface area (Å²) < 4.78 is 0. The van der Waals surface area contributed by atoms with Crippen molar-refractivity contribution in [3.05, 3.63) is 68.9 Å². The van der Waals surface area contributed by atoms with Gasteiger partial charge >= 0.3 is 0 Å². The van der Waals surface area contributed by atoms with E-state index in [2.05, 4.69) is 61.5 Å². The molecule has 0 saturated carbocycles. The predicted molar refractivity (Wildman–Crippen MR) is 71.9 cm³/mol. The lowest BCUT2D eigenvalue weighted by molar-refractivity contribution is 1.41. The highest BCUT2D eigenvalue weighted by molar-refractivity contribution is 6.18. The summed E-state index contributed by atoms with van der Waals surface area (Å²) in [6.45, 7) is 2.15. The third kappa shape index (κ3) is 1.13. The summed E-state index contributed by atoms with van der Waals surface area (Å²) >= 11 is 0. The van der Waals surface area contributed by atoms with Gasteiger partial charge in [0.25, 0.3) is 0 Å². The van der Waals surface area contributed by atoms with Gasteiger partial charge in [0, 0.05) is 0 Å². The Balaban J connectivity index is 2.28. The summed E-state index contributed by atoms with van der Waals surface area (Å²) in [6, 6.07) is 15.3. The third-order valence-electron chi connectivity index (χ3n) is 3.64. The molecule has 0 fully saturated rings. The molecule has 0 spiro atoms. The minimum atomic E-state index is 1.33. The molecule has 2 aromatic rings. The molecule has 0 heteroatoms. The van der Waals surface area contributed by atoms with Gasteiger partial charge in [0.15, 0.2) is 0 Å². The molecular formula is C17H12. The lowest BCUT2D eigenvalue weighted by atomic mass is 10.1. The van der Waals surface area contributed by atoms with Crippen LogP contribution >= 0.6 is 0 Å². The fraction of sp³-hybridized carbons (Fsp3) is 0.0588. The van der Waals surface area contributed by atoms with Crippen LogP contribution < -0.4 is 20.9 Å². The standard InChI is InChI=1S/C17H12/c1-11-6-7-13-10-16-14-5-3-2-4-12(14)9-17(16)15(13)8-11/h2-10H,1H3. The van der Waals surface area contributed by atoms with Crippen LogP contribution in [-0.4, -0.2) is 0 Å². The lowest BCUT2D eigenvalue weighted by Crippen LogP contribution is -2.24. The monoisotopic (exact) mass is 216 g/mol. The average molecular weight is 216 g/mol. The molecule has 0 amide bonds. The van der Waals surface area contributed by atoms with Crippen LogP contribution in [-0.2, 0) is 0 Å². The summed E-state index contributed by atoms with van der Waals surface area (Å²) in [7, 11) is 0. The second-order valence-corrected chi connectivity index (χ2v) is 4.79. The fourth-order valence-corrected chi connectivity index (χ4v) is 2.81. The number of fused-ring (bicyclic) bond motifs is 3. The Morgan fingerprint density at radius 3 is 2.29 bits per heavy atom. The fourth-order valence-electron chi connectivity index (χ4n) is 2.81. The molecule has 0 N–H and O–H groups in total. The largest absolute Gasteiger partial charge is 0.0616 e. The molecule has 2 aliphatic rings. The first-order chi connectivity index (χ1) is 8.33. The van der Waals surface area contributed by atoms with E-state index in [1.165, 1.54) is 37.6 Å². The van der Waals surface area contributed by atoms with E-state index in [4.69, 9.17) is 0 Å². The van der Waals surface area contributed by atoms with Gasteiger partial charge < -0.3 is 0 Å². The van der Waals surface area contributed by atoms with Gasteiger partial charge in [-0.1, -0.05) is 48.0 Å². The van der Waals surface area contributed by atoms with Gasteiger partial charge in [-0.25, -0.2) is 0 Å². The number of hydrogen-bond donors (Lipinski definition) is 0. The summed E-state index contributed by atoms with van der Waals surface area (Å²) in [6.07, 6.45) is 4.62. The first-order valence-corrected chi connectivity index (χ1v) is 5.97. The molecule has 80 valence electrons. The van der Waals surface area contributed by atoms with Gasteiger partial charge in [-0.15, -0.1) is 0 Å². The van der Waals surface area contributed by atoms with E-state index < -0.39 is 0 Å². The molecule has 4 rings (SSSR count). The smallest absolute Gasteiger partial charge is 0.00927 e. The molecule has 17 heavy (non-hydrogen) atoms. The molecule has 2 aromatic carbocycles. The van der Waals surface area contributed by atoms with Crippen molar-refractivity contribution in [2.45, 2.75) is 6.92 Å². The number of aryl methyl sites for hydroxylation is 1. The van der Waals surface area contributed by atoms with Gasteiger partial charge in [0.2, 0.25) is 0 Å². The molecule has 0 aromatic heterocycles. The van der Waals surface area contributed by atoms with E-state index in [0.29, 0.717) is 0 Å². The molecule has 0 aliphatic heterocycles. The van der Waals surface area contributed by atoms with E-state index in [-0.39, 0.29) is 0 Å². The maximum absolute atomic E-state index is 2.31. The van der Waals surface area contributed by atoms with E-state index >= 15 is 0 Å². The van der Waals surface area contributed by atoms with E-state index in [0.717, 1.165) is 0 Å². The number of benzene rings is 2. The van der Waals surface area contributed by atoms with Crippen molar-refractivity contribution < 1.29 is 0 Å². The Morgan fingerprint density at radius 2 is 1.41 bits per heavy atom. The Bertz CT molecular complexity index is 880. The van der Waals surface area contributed by atoms with Gasteiger partial charge in [0.1, 0.15) is 0 Å². The van der Waals surface area contributed by atoms with Crippen LogP contribution in [0.4, 0.5) is 0 Å². The summed E-state index contributed by atoms with van der Waals surface area (Å²) in [5, 5.41) is 5.46. The zero-order valence-electron chi connectivity index (χ0n) is 9.70. The molecule has 0 saturated heterocycles. The first kappa shape index (κ1) is 9.00. The molecule has 2 aliphatic carbocycles.